The van der Waals surface area contributed by atoms with E-state index in [-0.39, 0.29) is 47.7 Å². The standard InChI is InChI=1S/C22H22ClF3N6O6S/c23-16-2-1-12(5-19(16)38-22(24,25)26)9-32-4-3-17(31-32)20(34)15-8-28-11-29-21(15)30-14-6-13(18(33)7-14)10-37-39(27,35)36/h1-5,8,11,13-14,18,33H,6-7,9-10H2,(H2,27,35,36)(H,28,29,30)/t13-,14-,18+/m1/s1. The summed E-state index contributed by atoms with van der Waals surface area (Å²) in [4.78, 5) is 21.2. The molecule has 210 valence electrons. The fourth-order valence-corrected chi connectivity index (χ4v) is 4.65. The second-order valence-electron chi connectivity index (χ2n) is 8.74. The zero-order valence-electron chi connectivity index (χ0n) is 19.9. The van der Waals surface area contributed by atoms with E-state index >= 15 is 0 Å². The molecule has 2 heterocycles. The van der Waals surface area contributed by atoms with Crippen LogP contribution in [0.25, 0.3) is 0 Å². The molecular weight excluding hydrogens is 569 g/mol. The van der Waals surface area contributed by atoms with Crippen molar-refractivity contribution >= 4 is 33.5 Å². The van der Waals surface area contributed by atoms with Crippen molar-refractivity contribution in [1.29, 1.82) is 0 Å². The SMILES string of the molecule is NS(=O)(=O)OC[C@H]1C[C@@H](Nc2ncncc2C(=O)c2ccn(Cc3ccc(Cl)c(OC(F)(F)F)c3)n2)C[C@@H]1O. The first-order valence-electron chi connectivity index (χ1n) is 11.3. The summed E-state index contributed by atoms with van der Waals surface area (Å²) in [6.45, 7) is -0.264. The Morgan fingerprint density at radius 3 is 2.77 bits per heavy atom. The fourth-order valence-electron chi connectivity index (χ4n) is 4.13. The Morgan fingerprint density at radius 1 is 1.28 bits per heavy atom. The fraction of sp³-hybridized carbons (Fsp3) is 0.364. The average Bonchev–Trinajstić information content (AvgIpc) is 3.44. The summed E-state index contributed by atoms with van der Waals surface area (Å²) < 4.78 is 69.8. The van der Waals surface area contributed by atoms with Gasteiger partial charge in [0.05, 0.1) is 29.8 Å². The van der Waals surface area contributed by atoms with E-state index in [0.29, 0.717) is 12.0 Å². The molecule has 1 aliphatic carbocycles. The number of carbonyl (C=O) groups excluding carboxylic acids is 1. The Hall–Kier alpha value is -3.31. The van der Waals surface area contributed by atoms with Gasteiger partial charge in [-0.3, -0.25) is 13.7 Å². The van der Waals surface area contributed by atoms with Crippen molar-refractivity contribution < 1.29 is 40.4 Å². The maximum Gasteiger partial charge on any atom is 0.573 e. The molecule has 0 spiro atoms. The first-order chi connectivity index (χ1) is 18.3. The third-order valence-corrected chi connectivity index (χ3v) is 6.62. The van der Waals surface area contributed by atoms with E-state index < -0.39 is 40.2 Å². The van der Waals surface area contributed by atoms with Crippen molar-refractivity contribution in [3.8, 4) is 5.75 Å². The summed E-state index contributed by atoms with van der Waals surface area (Å²) in [6, 6.07) is 4.97. The minimum absolute atomic E-state index is 0.0248. The second kappa shape index (κ2) is 11.4. The van der Waals surface area contributed by atoms with Crippen LogP contribution in [-0.4, -0.2) is 64.2 Å². The third-order valence-electron chi connectivity index (χ3n) is 5.84. The number of halogens is 4. The number of hydrogen-bond acceptors (Lipinski definition) is 10. The number of carbonyl (C=O) groups is 1. The predicted octanol–water partition coefficient (Wildman–Crippen LogP) is 2.28. The number of hydrogen-bond donors (Lipinski definition) is 3. The van der Waals surface area contributed by atoms with Crippen molar-refractivity contribution in [2.75, 3.05) is 11.9 Å². The first kappa shape index (κ1) is 28.7. The summed E-state index contributed by atoms with van der Waals surface area (Å²) in [7, 11) is -4.15. The van der Waals surface area contributed by atoms with Crippen LogP contribution in [0.5, 0.6) is 5.75 Å². The molecule has 2 aromatic heterocycles. The van der Waals surface area contributed by atoms with Crippen LogP contribution in [0.2, 0.25) is 5.02 Å². The zero-order chi connectivity index (χ0) is 28.4. The summed E-state index contributed by atoms with van der Waals surface area (Å²) in [5.41, 5.74) is 0.514. The van der Waals surface area contributed by atoms with E-state index in [1.54, 1.807) is 0 Å². The number of aliphatic hydroxyl groups is 1. The van der Waals surface area contributed by atoms with E-state index in [2.05, 4.69) is 29.3 Å². The molecule has 1 saturated carbocycles. The highest BCUT2D eigenvalue weighted by Crippen LogP contribution is 2.32. The topological polar surface area (TPSA) is 172 Å². The van der Waals surface area contributed by atoms with Crippen LogP contribution in [-0.2, 0) is 21.0 Å². The predicted molar refractivity (Wildman–Crippen MR) is 130 cm³/mol. The number of nitrogens with one attached hydrogen (secondary N) is 1. The van der Waals surface area contributed by atoms with Gasteiger partial charge in [0.2, 0.25) is 5.78 Å². The van der Waals surface area contributed by atoms with Crippen molar-refractivity contribution in [2.45, 2.75) is 37.9 Å². The van der Waals surface area contributed by atoms with Gasteiger partial charge in [-0.25, -0.2) is 15.1 Å². The van der Waals surface area contributed by atoms with Gasteiger partial charge in [0, 0.05) is 24.4 Å². The van der Waals surface area contributed by atoms with Crippen LogP contribution in [0, 0.1) is 5.92 Å². The van der Waals surface area contributed by atoms with Crippen LogP contribution >= 0.6 is 11.6 Å². The monoisotopic (exact) mass is 590 g/mol. The van der Waals surface area contributed by atoms with Gasteiger partial charge in [-0.15, -0.1) is 13.2 Å². The molecule has 1 aliphatic rings. The van der Waals surface area contributed by atoms with Crippen LogP contribution in [0.3, 0.4) is 0 Å². The van der Waals surface area contributed by atoms with Crippen molar-refractivity contribution in [1.82, 2.24) is 19.7 Å². The molecule has 0 amide bonds. The Morgan fingerprint density at radius 2 is 2.05 bits per heavy atom. The Kier molecular flexibility index (Phi) is 8.41. The molecule has 4 rings (SSSR count). The van der Waals surface area contributed by atoms with Crippen LogP contribution in [0.1, 0.15) is 34.5 Å². The summed E-state index contributed by atoms with van der Waals surface area (Å²) in [5.74, 6) is -1.41. The number of aromatic nitrogens is 4. The van der Waals surface area contributed by atoms with Gasteiger partial charge in [0.15, 0.2) is 0 Å². The van der Waals surface area contributed by atoms with E-state index in [9.17, 15) is 31.5 Å². The summed E-state index contributed by atoms with van der Waals surface area (Å²) in [6.07, 6.45) is -1.21. The Labute approximate surface area is 225 Å². The number of alkyl halides is 3. The highest BCUT2D eigenvalue weighted by molar-refractivity contribution is 7.84. The molecule has 0 bridgehead atoms. The minimum atomic E-state index is -4.91. The van der Waals surface area contributed by atoms with Crippen LogP contribution in [0.4, 0.5) is 19.0 Å². The Balaban J connectivity index is 1.44. The average molecular weight is 591 g/mol. The first-order valence-corrected chi connectivity index (χ1v) is 13.2. The molecule has 1 aromatic carbocycles. The number of nitrogens with two attached hydrogens (primary N) is 1. The van der Waals surface area contributed by atoms with Gasteiger partial charge in [-0.05, 0) is 36.6 Å². The molecule has 0 unspecified atom stereocenters. The van der Waals surface area contributed by atoms with Gasteiger partial charge in [-0.1, -0.05) is 17.7 Å². The highest BCUT2D eigenvalue weighted by Gasteiger charge is 2.35. The quantitative estimate of drug-likeness (QED) is 0.297. The molecule has 12 nitrogen and oxygen atoms in total. The minimum Gasteiger partial charge on any atom is -0.404 e. The smallest absolute Gasteiger partial charge is 0.404 e. The molecule has 0 saturated heterocycles. The molecule has 39 heavy (non-hydrogen) atoms. The molecule has 17 heteroatoms. The van der Waals surface area contributed by atoms with Gasteiger partial charge < -0.3 is 15.2 Å². The van der Waals surface area contributed by atoms with E-state index in [4.69, 9.17) is 16.7 Å². The van der Waals surface area contributed by atoms with Gasteiger partial charge in [0.1, 0.15) is 23.6 Å². The zero-order valence-corrected chi connectivity index (χ0v) is 21.4. The summed E-state index contributed by atoms with van der Waals surface area (Å²) in [5, 5.41) is 22.2. The number of benzene rings is 1. The maximum absolute atomic E-state index is 13.2. The number of ether oxygens (including phenoxy) is 1. The lowest BCUT2D eigenvalue weighted by Gasteiger charge is -2.15. The molecular formula is C22H22ClF3N6O6S. The number of ketones is 1. The maximum atomic E-state index is 13.2. The number of anilines is 1. The molecule has 1 fully saturated rings. The third kappa shape index (κ3) is 7.86. The number of nitrogens with zero attached hydrogens (tertiary/aromatic N) is 4. The van der Waals surface area contributed by atoms with Crippen molar-refractivity contribution in [2.24, 2.45) is 11.1 Å². The molecule has 0 aliphatic heterocycles. The van der Waals surface area contributed by atoms with Gasteiger partial charge in [-0.2, -0.15) is 13.5 Å². The molecule has 4 N–H and O–H groups in total. The number of rotatable bonds is 10. The lowest BCUT2D eigenvalue weighted by molar-refractivity contribution is -0.274. The van der Waals surface area contributed by atoms with Gasteiger partial charge >= 0.3 is 16.7 Å². The largest absolute Gasteiger partial charge is 0.573 e. The molecule has 3 aromatic rings. The second-order valence-corrected chi connectivity index (χ2v) is 10.4. The van der Waals surface area contributed by atoms with E-state index in [1.807, 2.05) is 0 Å². The molecule has 0 radical (unpaired) electrons. The Bertz CT molecular complexity index is 1450. The van der Waals surface area contributed by atoms with E-state index in [1.165, 1.54) is 41.6 Å². The van der Waals surface area contributed by atoms with Crippen molar-refractivity contribution in [3.05, 3.63) is 64.8 Å². The van der Waals surface area contributed by atoms with Crippen LogP contribution in [0.15, 0.2) is 43.0 Å². The normalized spacial score (nSPS) is 19.7. The molecule has 3 atom stereocenters. The van der Waals surface area contributed by atoms with Crippen molar-refractivity contribution in [3.63, 3.8) is 0 Å². The summed E-state index contributed by atoms with van der Waals surface area (Å²) >= 11 is 5.78. The lowest BCUT2D eigenvalue weighted by atomic mass is 10.1. The van der Waals surface area contributed by atoms with Gasteiger partial charge in [0.25, 0.3) is 0 Å². The lowest BCUT2D eigenvalue weighted by Crippen LogP contribution is -2.24. The van der Waals surface area contributed by atoms with Crippen LogP contribution < -0.4 is 15.2 Å². The van der Waals surface area contributed by atoms with E-state index in [0.717, 1.165) is 6.07 Å². The number of aliphatic hydroxyl groups excluding tert-OH is 1. The highest BCUT2D eigenvalue weighted by atomic mass is 35.5.